The first-order valence-corrected chi connectivity index (χ1v) is 5.11. The molecule has 0 saturated heterocycles. The molecule has 0 spiro atoms. The van der Waals surface area contributed by atoms with E-state index in [0.717, 1.165) is 6.42 Å². The zero-order chi connectivity index (χ0) is 8.43. The summed E-state index contributed by atoms with van der Waals surface area (Å²) >= 11 is 7.94. The van der Waals surface area contributed by atoms with Gasteiger partial charge in [-0.25, -0.2) is 0 Å². The van der Waals surface area contributed by atoms with Crippen molar-refractivity contribution in [2.24, 2.45) is 0 Å². The SMILES string of the molecule is CCC(Cl)c1cc(C)sc1C. The zero-order valence-electron chi connectivity index (χ0n) is 7.15. The molecule has 0 aliphatic heterocycles. The van der Waals surface area contributed by atoms with E-state index in [4.69, 9.17) is 11.6 Å². The summed E-state index contributed by atoms with van der Waals surface area (Å²) < 4.78 is 0. The van der Waals surface area contributed by atoms with Crippen LogP contribution in [0.1, 0.15) is 34.0 Å². The van der Waals surface area contributed by atoms with Crippen LogP contribution in [0.3, 0.4) is 0 Å². The van der Waals surface area contributed by atoms with Gasteiger partial charge in [0.2, 0.25) is 0 Å². The van der Waals surface area contributed by atoms with Gasteiger partial charge < -0.3 is 0 Å². The molecule has 2 heteroatoms. The molecule has 0 saturated carbocycles. The molecule has 0 nitrogen and oxygen atoms in total. The number of thiophene rings is 1. The van der Waals surface area contributed by atoms with Crippen LogP contribution in [-0.4, -0.2) is 0 Å². The van der Waals surface area contributed by atoms with Gasteiger partial charge in [0.25, 0.3) is 0 Å². The van der Waals surface area contributed by atoms with Gasteiger partial charge in [-0.15, -0.1) is 22.9 Å². The Morgan fingerprint density at radius 2 is 2.18 bits per heavy atom. The molecule has 0 aliphatic carbocycles. The standard InChI is InChI=1S/C9H13ClS/c1-4-9(10)8-5-6(2)11-7(8)3/h5,9H,4H2,1-3H3. The van der Waals surface area contributed by atoms with E-state index in [-0.39, 0.29) is 5.38 Å². The van der Waals surface area contributed by atoms with Gasteiger partial charge in [0.05, 0.1) is 5.38 Å². The first-order valence-electron chi connectivity index (χ1n) is 3.86. The predicted octanol–water partition coefficient (Wildman–Crippen LogP) is 4.05. The minimum Gasteiger partial charge on any atom is -0.146 e. The largest absolute Gasteiger partial charge is 0.146 e. The molecular weight excluding hydrogens is 176 g/mol. The molecule has 0 bridgehead atoms. The van der Waals surface area contributed by atoms with Crippen LogP contribution in [0.2, 0.25) is 0 Å². The Bertz CT molecular complexity index is 240. The van der Waals surface area contributed by atoms with Crippen molar-refractivity contribution < 1.29 is 0 Å². The van der Waals surface area contributed by atoms with E-state index >= 15 is 0 Å². The third-order valence-electron chi connectivity index (χ3n) is 1.78. The Labute approximate surface area is 77.2 Å². The Hall–Kier alpha value is -0.0100. The molecule has 0 amide bonds. The lowest BCUT2D eigenvalue weighted by molar-refractivity contribution is 0.881. The van der Waals surface area contributed by atoms with Crippen molar-refractivity contribution in [3.05, 3.63) is 21.4 Å². The molecule has 1 aromatic heterocycles. The maximum Gasteiger partial charge on any atom is 0.0593 e. The van der Waals surface area contributed by atoms with Crippen LogP contribution < -0.4 is 0 Å². The first kappa shape index (κ1) is 9.08. The van der Waals surface area contributed by atoms with Gasteiger partial charge in [0.1, 0.15) is 0 Å². The van der Waals surface area contributed by atoms with Crippen molar-refractivity contribution in [1.82, 2.24) is 0 Å². The van der Waals surface area contributed by atoms with Crippen LogP contribution >= 0.6 is 22.9 Å². The predicted molar refractivity (Wildman–Crippen MR) is 52.7 cm³/mol. The lowest BCUT2D eigenvalue weighted by atomic mass is 10.1. The van der Waals surface area contributed by atoms with Crippen molar-refractivity contribution in [2.75, 3.05) is 0 Å². The first-order chi connectivity index (χ1) is 5.15. The van der Waals surface area contributed by atoms with E-state index in [1.54, 1.807) is 0 Å². The molecular formula is C9H13ClS. The van der Waals surface area contributed by atoms with E-state index in [0.29, 0.717) is 0 Å². The smallest absolute Gasteiger partial charge is 0.0593 e. The van der Waals surface area contributed by atoms with Gasteiger partial charge in [0, 0.05) is 9.75 Å². The second-order valence-electron chi connectivity index (χ2n) is 2.74. The molecule has 0 aliphatic rings. The van der Waals surface area contributed by atoms with Crippen LogP contribution in [0.5, 0.6) is 0 Å². The molecule has 1 aromatic rings. The number of hydrogen-bond donors (Lipinski definition) is 0. The summed E-state index contributed by atoms with van der Waals surface area (Å²) in [5.74, 6) is 0. The second kappa shape index (κ2) is 3.59. The van der Waals surface area contributed by atoms with E-state index in [2.05, 4.69) is 26.8 Å². The average molecular weight is 189 g/mol. The monoisotopic (exact) mass is 188 g/mol. The third kappa shape index (κ3) is 1.97. The second-order valence-corrected chi connectivity index (χ2v) is 4.73. The summed E-state index contributed by atoms with van der Waals surface area (Å²) in [5.41, 5.74) is 1.32. The Kier molecular flexibility index (Phi) is 2.97. The summed E-state index contributed by atoms with van der Waals surface area (Å²) in [4.78, 5) is 2.72. The van der Waals surface area contributed by atoms with Crippen LogP contribution in [-0.2, 0) is 0 Å². The highest BCUT2D eigenvalue weighted by molar-refractivity contribution is 7.12. The Morgan fingerprint density at radius 1 is 1.55 bits per heavy atom. The van der Waals surface area contributed by atoms with Crippen LogP contribution in [0, 0.1) is 13.8 Å². The summed E-state index contributed by atoms with van der Waals surface area (Å²) in [6.45, 7) is 6.38. The molecule has 1 rings (SSSR count). The summed E-state index contributed by atoms with van der Waals surface area (Å²) in [6, 6.07) is 2.20. The quantitative estimate of drug-likeness (QED) is 0.615. The fraction of sp³-hybridized carbons (Fsp3) is 0.556. The maximum atomic E-state index is 6.12. The van der Waals surface area contributed by atoms with Crippen molar-refractivity contribution in [3.8, 4) is 0 Å². The number of halogens is 1. The van der Waals surface area contributed by atoms with Gasteiger partial charge in [-0.3, -0.25) is 0 Å². The molecule has 0 aromatic carbocycles. The molecule has 0 fully saturated rings. The maximum absolute atomic E-state index is 6.12. The van der Waals surface area contributed by atoms with E-state index in [1.165, 1.54) is 15.3 Å². The van der Waals surface area contributed by atoms with Gasteiger partial charge in [-0.05, 0) is 31.9 Å². The molecule has 62 valence electrons. The number of alkyl halides is 1. The summed E-state index contributed by atoms with van der Waals surface area (Å²) in [6.07, 6.45) is 1.01. The lowest BCUT2D eigenvalue weighted by Crippen LogP contribution is -1.86. The minimum atomic E-state index is 0.208. The molecule has 1 heterocycles. The van der Waals surface area contributed by atoms with Crippen molar-refractivity contribution in [2.45, 2.75) is 32.6 Å². The summed E-state index contributed by atoms with van der Waals surface area (Å²) in [5, 5.41) is 0.208. The summed E-state index contributed by atoms with van der Waals surface area (Å²) in [7, 11) is 0. The highest BCUT2D eigenvalue weighted by Crippen LogP contribution is 2.31. The van der Waals surface area contributed by atoms with Gasteiger partial charge in [0.15, 0.2) is 0 Å². The Balaban J connectivity index is 2.93. The average Bonchev–Trinajstić information content (AvgIpc) is 2.28. The minimum absolute atomic E-state index is 0.208. The van der Waals surface area contributed by atoms with Gasteiger partial charge in [-0.2, -0.15) is 0 Å². The topological polar surface area (TPSA) is 0 Å². The molecule has 1 atom stereocenters. The van der Waals surface area contributed by atoms with Crippen molar-refractivity contribution in [3.63, 3.8) is 0 Å². The van der Waals surface area contributed by atoms with Crippen molar-refractivity contribution >= 4 is 22.9 Å². The fourth-order valence-corrected chi connectivity index (χ4v) is 2.46. The number of aryl methyl sites for hydroxylation is 2. The fourth-order valence-electron chi connectivity index (χ4n) is 1.18. The number of rotatable bonds is 2. The molecule has 0 N–H and O–H groups in total. The number of hydrogen-bond acceptors (Lipinski definition) is 1. The zero-order valence-corrected chi connectivity index (χ0v) is 8.72. The molecule has 0 radical (unpaired) electrons. The highest BCUT2D eigenvalue weighted by atomic mass is 35.5. The van der Waals surface area contributed by atoms with E-state index in [9.17, 15) is 0 Å². The Morgan fingerprint density at radius 3 is 2.55 bits per heavy atom. The van der Waals surface area contributed by atoms with E-state index in [1.807, 2.05) is 11.3 Å². The van der Waals surface area contributed by atoms with Crippen molar-refractivity contribution in [1.29, 1.82) is 0 Å². The van der Waals surface area contributed by atoms with Gasteiger partial charge in [-0.1, -0.05) is 6.92 Å². The lowest BCUT2D eigenvalue weighted by Gasteiger charge is -2.03. The molecule has 11 heavy (non-hydrogen) atoms. The van der Waals surface area contributed by atoms with Crippen LogP contribution in [0.15, 0.2) is 6.07 Å². The highest BCUT2D eigenvalue weighted by Gasteiger charge is 2.10. The van der Waals surface area contributed by atoms with Gasteiger partial charge >= 0.3 is 0 Å². The third-order valence-corrected chi connectivity index (χ3v) is 3.30. The van der Waals surface area contributed by atoms with E-state index < -0.39 is 0 Å². The van der Waals surface area contributed by atoms with Crippen LogP contribution in [0.4, 0.5) is 0 Å². The normalized spacial score (nSPS) is 13.5. The molecule has 1 unspecified atom stereocenters. The van der Waals surface area contributed by atoms with Crippen LogP contribution in [0.25, 0.3) is 0 Å².